The van der Waals surface area contributed by atoms with Crippen LogP contribution in [0.3, 0.4) is 0 Å². The standard InChI is InChI=1S/C22H22ClF3N4O5S/c1-12(2)18-15(35-20-16(6-13(23)7-27-20)34-9-22(24,25)26)4-5-17-28-14(8-30(17)18)19(31)29-21(3)10-36(32,33)11-21/h4-8,12H,9-11H2,1-3H3,(H,29,31). The minimum atomic E-state index is -4.57. The molecule has 0 radical (unpaired) electrons. The van der Waals surface area contributed by atoms with E-state index in [0.29, 0.717) is 11.3 Å². The van der Waals surface area contributed by atoms with Crippen molar-refractivity contribution < 1.29 is 35.9 Å². The van der Waals surface area contributed by atoms with Crippen molar-refractivity contribution in [1.82, 2.24) is 19.7 Å². The molecule has 3 aromatic rings. The van der Waals surface area contributed by atoms with Gasteiger partial charge in [-0.25, -0.2) is 18.4 Å². The smallest absolute Gasteiger partial charge is 0.422 e. The fraction of sp³-hybridized carbons (Fsp3) is 0.409. The number of fused-ring (bicyclic) bond motifs is 1. The van der Waals surface area contributed by atoms with Crippen LogP contribution in [0.15, 0.2) is 30.6 Å². The van der Waals surface area contributed by atoms with E-state index in [4.69, 9.17) is 21.1 Å². The maximum Gasteiger partial charge on any atom is 0.422 e. The zero-order chi connectivity index (χ0) is 26.5. The number of sulfone groups is 1. The lowest BCUT2D eigenvalue weighted by Gasteiger charge is -2.38. The fourth-order valence-electron chi connectivity index (χ4n) is 4.01. The summed E-state index contributed by atoms with van der Waals surface area (Å²) in [6, 6.07) is 4.30. The van der Waals surface area contributed by atoms with Crippen LogP contribution < -0.4 is 14.8 Å². The van der Waals surface area contributed by atoms with Gasteiger partial charge in [0, 0.05) is 18.5 Å². The molecular weight excluding hydrogens is 525 g/mol. The van der Waals surface area contributed by atoms with Gasteiger partial charge in [0.1, 0.15) is 17.1 Å². The molecule has 0 aromatic carbocycles. The first-order valence-electron chi connectivity index (χ1n) is 10.7. The molecule has 0 unspecified atom stereocenters. The third-order valence-corrected chi connectivity index (χ3v) is 7.64. The summed E-state index contributed by atoms with van der Waals surface area (Å²) in [6.45, 7) is 3.81. The Balaban J connectivity index is 1.65. The summed E-state index contributed by atoms with van der Waals surface area (Å²) >= 11 is 5.88. The summed E-state index contributed by atoms with van der Waals surface area (Å²) < 4.78 is 73.5. The molecule has 1 amide bonds. The van der Waals surface area contributed by atoms with Crippen LogP contribution in [0, 0.1) is 0 Å². The van der Waals surface area contributed by atoms with Crippen molar-refractivity contribution in [1.29, 1.82) is 0 Å². The topological polar surface area (TPSA) is 112 Å². The Morgan fingerprint density at radius 2 is 1.97 bits per heavy atom. The average Bonchev–Trinajstić information content (AvgIpc) is 3.15. The van der Waals surface area contributed by atoms with Gasteiger partial charge in [0.15, 0.2) is 22.2 Å². The third-order valence-electron chi connectivity index (χ3n) is 5.28. The van der Waals surface area contributed by atoms with Crippen LogP contribution in [0.5, 0.6) is 17.4 Å². The van der Waals surface area contributed by atoms with Crippen LogP contribution in [-0.2, 0) is 9.84 Å². The monoisotopic (exact) mass is 546 g/mol. The van der Waals surface area contributed by atoms with Crippen LogP contribution in [-0.4, -0.2) is 58.5 Å². The number of imidazole rings is 1. The Morgan fingerprint density at radius 3 is 2.58 bits per heavy atom. The minimum absolute atomic E-state index is 0.0669. The molecule has 0 bridgehead atoms. The molecule has 0 aliphatic carbocycles. The molecule has 1 fully saturated rings. The molecule has 1 aliphatic rings. The normalized spacial score (nSPS) is 16.6. The highest BCUT2D eigenvalue weighted by atomic mass is 35.5. The number of carbonyl (C=O) groups is 1. The van der Waals surface area contributed by atoms with Gasteiger partial charge in [-0.05, 0) is 25.0 Å². The summed E-state index contributed by atoms with van der Waals surface area (Å²) in [6.07, 6.45) is -1.87. The lowest BCUT2D eigenvalue weighted by atomic mass is 10.1. The Labute approximate surface area is 209 Å². The van der Waals surface area contributed by atoms with Gasteiger partial charge in [-0.2, -0.15) is 13.2 Å². The first kappa shape index (κ1) is 26.0. The number of carbonyl (C=O) groups excluding carboxylic acids is 1. The van der Waals surface area contributed by atoms with E-state index in [2.05, 4.69) is 15.3 Å². The number of hydrogen-bond donors (Lipinski definition) is 1. The molecule has 14 heteroatoms. The number of alkyl halides is 3. The van der Waals surface area contributed by atoms with Crippen LogP contribution in [0.25, 0.3) is 5.65 Å². The Bertz CT molecular complexity index is 1430. The van der Waals surface area contributed by atoms with Crippen molar-refractivity contribution in [3.63, 3.8) is 0 Å². The molecule has 0 atom stereocenters. The summed E-state index contributed by atoms with van der Waals surface area (Å²) in [5.41, 5.74) is 0.182. The number of pyridine rings is 2. The maximum absolute atomic E-state index is 12.8. The zero-order valence-electron chi connectivity index (χ0n) is 19.4. The van der Waals surface area contributed by atoms with Gasteiger partial charge >= 0.3 is 6.18 Å². The second-order valence-electron chi connectivity index (χ2n) is 9.10. The molecular formula is C22H22ClF3N4O5S. The SMILES string of the molecule is CC(C)c1c(Oc2ncc(Cl)cc2OCC(F)(F)F)ccc2nc(C(=O)NC3(C)CS(=O)(=O)C3)cn12. The summed E-state index contributed by atoms with van der Waals surface area (Å²) in [4.78, 5) is 21.1. The van der Waals surface area contributed by atoms with E-state index in [9.17, 15) is 26.4 Å². The molecule has 3 aromatic heterocycles. The van der Waals surface area contributed by atoms with Crippen LogP contribution in [0.4, 0.5) is 13.2 Å². The second-order valence-corrected chi connectivity index (χ2v) is 11.6. The first-order valence-corrected chi connectivity index (χ1v) is 12.9. The molecule has 36 heavy (non-hydrogen) atoms. The third kappa shape index (κ3) is 5.67. The number of halogens is 4. The average molecular weight is 547 g/mol. The lowest BCUT2D eigenvalue weighted by molar-refractivity contribution is -0.153. The van der Waals surface area contributed by atoms with E-state index in [-0.39, 0.29) is 45.5 Å². The highest BCUT2D eigenvalue weighted by molar-refractivity contribution is 7.93. The minimum Gasteiger partial charge on any atom is -0.478 e. The van der Waals surface area contributed by atoms with Gasteiger partial charge < -0.3 is 14.8 Å². The van der Waals surface area contributed by atoms with Crippen molar-refractivity contribution in [3.05, 3.63) is 47.0 Å². The largest absolute Gasteiger partial charge is 0.478 e. The van der Waals surface area contributed by atoms with E-state index < -0.39 is 34.1 Å². The van der Waals surface area contributed by atoms with Gasteiger partial charge in [-0.1, -0.05) is 25.4 Å². The Morgan fingerprint density at radius 1 is 1.28 bits per heavy atom. The molecule has 194 valence electrons. The zero-order valence-corrected chi connectivity index (χ0v) is 21.0. The highest BCUT2D eigenvalue weighted by Crippen LogP contribution is 2.36. The molecule has 0 spiro atoms. The van der Waals surface area contributed by atoms with Crippen molar-refractivity contribution >= 4 is 33.0 Å². The maximum atomic E-state index is 12.8. The first-order chi connectivity index (χ1) is 16.6. The van der Waals surface area contributed by atoms with E-state index in [0.717, 1.165) is 0 Å². The molecule has 0 saturated carbocycles. The number of nitrogens with one attached hydrogen (secondary N) is 1. The fourth-order valence-corrected chi connectivity index (χ4v) is 6.16. The van der Waals surface area contributed by atoms with Gasteiger partial charge in [-0.3, -0.25) is 9.20 Å². The molecule has 4 heterocycles. The quantitative estimate of drug-likeness (QED) is 0.473. The highest BCUT2D eigenvalue weighted by Gasteiger charge is 2.46. The Hall–Kier alpha value is -3.06. The van der Waals surface area contributed by atoms with Crippen LogP contribution in [0.1, 0.15) is 42.9 Å². The van der Waals surface area contributed by atoms with Crippen molar-refractivity contribution in [2.75, 3.05) is 18.1 Å². The Kier molecular flexibility index (Phi) is 6.58. The second kappa shape index (κ2) is 9.11. The number of ether oxygens (including phenoxy) is 2. The van der Waals surface area contributed by atoms with Gasteiger partial charge in [0.05, 0.1) is 27.8 Å². The molecule has 9 nitrogen and oxygen atoms in total. The van der Waals surface area contributed by atoms with Crippen molar-refractivity contribution in [3.8, 4) is 17.4 Å². The number of hydrogen-bond acceptors (Lipinski definition) is 7. The predicted molar refractivity (Wildman–Crippen MR) is 125 cm³/mol. The predicted octanol–water partition coefficient (Wildman–Crippen LogP) is 4.16. The molecule has 1 saturated heterocycles. The number of amides is 1. The summed E-state index contributed by atoms with van der Waals surface area (Å²) in [7, 11) is -3.16. The molecule has 1 N–H and O–H groups in total. The number of nitrogens with zero attached hydrogens (tertiary/aromatic N) is 3. The van der Waals surface area contributed by atoms with Gasteiger partial charge in [0.2, 0.25) is 0 Å². The summed E-state index contributed by atoms with van der Waals surface area (Å²) in [5.74, 6) is -1.26. The van der Waals surface area contributed by atoms with E-state index in [1.807, 2.05) is 13.8 Å². The lowest BCUT2D eigenvalue weighted by Crippen LogP contribution is -2.63. The number of rotatable bonds is 7. The van der Waals surface area contributed by atoms with Crippen molar-refractivity contribution in [2.24, 2.45) is 0 Å². The van der Waals surface area contributed by atoms with Crippen molar-refractivity contribution in [2.45, 2.75) is 38.4 Å². The number of aromatic nitrogens is 3. The van der Waals surface area contributed by atoms with Gasteiger partial charge in [0.25, 0.3) is 11.8 Å². The van der Waals surface area contributed by atoms with E-state index >= 15 is 0 Å². The van der Waals surface area contributed by atoms with E-state index in [1.165, 1.54) is 18.5 Å². The van der Waals surface area contributed by atoms with Crippen LogP contribution in [0.2, 0.25) is 5.02 Å². The van der Waals surface area contributed by atoms with E-state index in [1.54, 1.807) is 23.5 Å². The summed E-state index contributed by atoms with van der Waals surface area (Å²) in [5, 5.41) is 2.78. The van der Waals surface area contributed by atoms with Gasteiger partial charge in [-0.15, -0.1) is 0 Å². The molecule has 1 aliphatic heterocycles. The molecule has 4 rings (SSSR count). The van der Waals surface area contributed by atoms with Crippen LogP contribution >= 0.6 is 11.6 Å².